The molecule has 0 saturated carbocycles. The summed E-state index contributed by atoms with van der Waals surface area (Å²) < 4.78 is 0. The Morgan fingerprint density at radius 3 is 2.45 bits per heavy atom. The Labute approximate surface area is 126 Å². The van der Waals surface area contributed by atoms with Crippen LogP contribution in [0.4, 0.5) is 5.69 Å². The molecule has 0 radical (unpaired) electrons. The lowest BCUT2D eigenvalue weighted by molar-refractivity contribution is -0.120. The zero-order valence-corrected chi connectivity index (χ0v) is 13.1. The van der Waals surface area contributed by atoms with Gasteiger partial charge in [0.05, 0.1) is 11.0 Å². The quantitative estimate of drug-likeness (QED) is 0.757. The summed E-state index contributed by atoms with van der Waals surface area (Å²) in [5, 5.41) is 2.91. The molecule has 0 spiro atoms. The van der Waals surface area contributed by atoms with Crippen LogP contribution in [0.25, 0.3) is 0 Å². The molecule has 1 amide bonds. The van der Waals surface area contributed by atoms with Crippen molar-refractivity contribution in [2.45, 2.75) is 26.8 Å². The molecule has 5 heteroatoms. The van der Waals surface area contributed by atoms with Crippen LogP contribution in [0, 0.1) is 5.92 Å². The van der Waals surface area contributed by atoms with Gasteiger partial charge < -0.3 is 11.1 Å². The van der Waals surface area contributed by atoms with E-state index in [2.05, 4.69) is 10.2 Å². The van der Waals surface area contributed by atoms with Crippen LogP contribution in [0.3, 0.4) is 0 Å². The lowest BCUT2D eigenvalue weighted by atomic mass is 10.1. The molecule has 0 fully saturated rings. The van der Waals surface area contributed by atoms with Gasteiger partial charge in [-0.3, -0.25) is 9.69 Å². The van der Waals surface area contributed by atoms with Gasteiger partial charge in [-0.05, 0) is 25.6 Å². The molecular weight excluding hydrogens is 270 g/mol. The van der Waals surface area contributed by atoms with Gasteiger partial charge in [0.25, 0.3) is 0 Å². The summed E-state index contributed by atoms with van der Waals surface area (Å²) in [6.45, 7) is 7.37. The summed E-state index contributed by atoms with van der Waals surface area (Å²) >= 11 is 4.99. The summed E-state index contributed by atoms with van der Waals surface area (Å²) in [4.78, 5) is 14.8. The van der Waals surface area contributed by atoms with E-state index in [-0.39, 0.29) is 17.9 Å². The minimum atomic E-state index is -0.225. The molecular formula is C15H23N3OS. The van der Waals surface area contributed by atoms with Gasteiger partial charge in [0.15, 0.2) is 0 Å². The van der Waals surface area contributed by atoms with Gasteiger partial charge in [-0.25, -0.2) is 0 Å². The van der Waals surface area contributed by atoms with Crippen LogP contribution >= 0.6 is 12.2 Å². The van der Waals surface area contributed by atoms with Gasteiger partial charge in [-0.1, -0.05) is 44.3 Å². The molecule has 0 aliphatic carbocycles. The molecule has 110 valence electrons. The number of hydrogen-bond donors (Lipinski definition) is 2. The number of anilines is 1. The van der Waals surface area contributed by atoms with Crippen LogP contribution in [-0.4, -0.2) is 34.9 Å². The molecule has 0 bridgehead atoms. The minimum absolute atomic E-state index is 0.0202. The Bertz CT molecular complexity index is 450. The van der Waals surface area contributed by atoms with Crippen molar-refractivity contribution >= 4 is 28.8 Å². The largest absolute Gasteiger partial charge is 0.393 e. The lowest BCUT2D eigenvalue weighted by Gasteiger charge is -2.29. The monoisotopic (exact) mass is 293 g/mol. The zero-order valence-electron chi connectivity index (χ0n) is 12.3. The standard InChI is InChI=1S/C15H23N3OS/c1-4-18(10-11(2)14(16)20)12(3)15(19)17-13-8-6-5-7-9-13/h5-9,11-12H,4,10H2,1-3H3,(H2,16,20)(H,17,19). The number of thiocarbonyl (C=S) groups is 1. The molecule has 1 aromatic rings. The van der Waals surface area contributed by atoms with Crippen LogP contribution in [0.15, 0.2) is 30.3 Å². The van der Waals surface area contributed by atoms with Crippen LogP contribution in [0.1, 0.15) is 20.8 Å². The number of nitrogens with zero attached hydrogens (tertiary/aromatic N) is 1. The number of nitrogens with one attached hydrogen (secondary N) is 1. The highest BCUT2D eigenvalue weighted by atomic mass is 32.1. The second-order valence-corrected chi connectivity index (χ2v) is 5.39. The number of para-hydroxylation sites is 1. The fraction of sp³-hybridized carbons (Fsp3) is 0.467. The third-order valence-electron chi connectivity index (χ3n) is 3.37. The maximum atomic E-state index is 12.2. The second-order valence-electron chi connectivity index (χ2n) is 4.92. The van der Waals surface area contributed by atoms with Gasteiger partial charge >= 0.3 is 0 Å². The number of hydrogen-bond acceptors (Lipinski definition) is 3. The van der Waals surface area contributed by atoms with E-state index in [0.29, 0.717) is 11.5 Å². The molecule has 0 saturated heterocycles. The SMILES string of the molecule is CCN(CC(C)C(N)=S)C(C)C(=O)Nc1ccccc1. The van der Waals surface area contributed by atoms with E-state index >= 15 is 0 Å². The van der Waals surface area contributed by atoms with Crippen molar-refractivity contribution in [2.24, 2.45) is 11.7 Å². The third kappa shape index (κ3) is 4.90. The summed E-state index contributed by atoms with van der Waals surface area (Å²) in [6, 6.07) is 9.23. The average Bonchev–Trinajstić information content (AvgIpc) is 2.44. The van der Waals surface area contributed by atoms with E-state index in [4.69, 9.17) is 18.0 Å². The van der Waals surface area contributed by atoms with Crippen molar-refractivity contribution in [3.05, 3.63) is 30.3 Å². The van der Waals surface area contributed by atoms with Crippen LogP contribution in [0.5, 0.6) is 0 Å². The van der Waals surface area contributed by atoms with E-state index in [9.17, 15) is 4.79 Å². The van der Waals surface area contributed by atoms with Crippen LogP contribution in [0.2, 0.25) is 0 Å². The highest BCUT2D eigenvalue weighted by Crippen LogP contribution is 2.10. The molecule has 0 heterocycles. The van der Waals surface area contributed by atoms with Crippen molar-refractivity contribution in [2.75, 3.05) is 18.4 Å². The number of benzene rings is 1. The highest BCUT2D eigenvalue weighted by Gasteiger charge is 2.22. The van der Waals surface area contributed by atoms with E-state index in [0.717, 1.165) is 12.2 Å². The van der Waals surface area contributed by atoms with Gasteiger partial charge in [0.1, 0.15) is 0 Å². The third-order valence-corrected chi connectivity index (χ3v) is 3.77. The van der Waals surface area contributed by atoms with Crippen molar-refractivity contribution < 1.29 is 4.79 Å². The summed E-state index contributed by atoms with van der Waals surface area (Å²) in [6.07, 6.45) is 0. The predicted octanol–water partition coefficient (Wildman–Crippen LogP) is 2.26. The number of amides is 1. The van der Waals surface area contributed by atoms with Crippen molar-refractivity contribution in [3.8, 4) is 0 Å². The number of rotatable bonds is 7. The first-order valence-corrected chi connectivity index (χ1v) is 7.25. The van der Waals surface area contributed by atoms with E-state index in [1.165, 1.54) is 0 Å². The Balaban J connectivity index is 2.63. The molecule has 0 aliphatic rings. The van der Waals surface area contributed by atoms with Crippen molar-refractivity contribution in [3.63, 3.8) is 0 Å². The van der Waals surface area contributed by atoms with Crippen molar-refractivity contribution in [1.29, 1.82) is 0 Å². The highest BCUT2D eigenvalue weighted by molar-refractivity contribution is 7.80. The Morgan fingerprint density at radius 1 is 1.35 bits per heavy atom. The summed E-state index contributed by atoms with van der Waals surface area (Å²) in [5.74, 6) is 0.0742. The maximum absolute atomic E-state index is 12.2. The number of carbonyl (C=O) groups is 1. The van der Waals surface area contributed by atoms with E-state index in [1.54, 1.807) is 0 Å². The van der Waals surface area contributed by atoms with E-state index < -0.39 is 0 Å². The Morgan fingerprint density at radius 2 is 1.95 bits per heavy atom. The first-order chi connectivity index (χ1) is 9.45. The van der Waals surface area contributed by atoms with Gasteiger partial charge in [-0.15, -0.1) is 0 Å². The van der Waals surface area contributed by atoms with Gasteiger partial charge in [-0.2, -0.15) is 0 Å². The summed E-state index contributed by atoms with van der Waals surface area (Å²) in [5.41, 5.74) is 6.45. The molecule has 2 unspecified atom stereocenters. The molecule has 0 aliphatic heterocycles. The first kappa shape index (κ1) is 16.6. The van der Waals surface area contributed by atoms with Crippen LogP contribution in [-0.2, 0) is 4.79 Å². The van der Waals surface area contributed by atoms with Gasteiger partial charge in [0, 0.05) is 18.2 Å². The van der Waals surface area contributed by atoms with E-state index in [1.807, 2.05) is 51.1 Å². The van der Waals surface area contributed by atoms with Gasteiger partial charge in [0.2, 0.25) is 5.91 Å². The zero-order chi connectivity index (χ0) is 15.1. The smallest absolute Gasteiger partial charge is 0.241 e. The topological polar surface area (TPSA) is 58.4 Å². The molecule has 0 aromatic heterocycles. The molecule has 1 aromatic carbocycles. The fourth-order valence-electron chi connectivity index (χ4n) is 1.94. The normalized spacial score (nSPS) is 13.8. The summed E-state index contributed by atoms with van der Waals surface area (Å²) in [7, 11) is 0. The molecule has 1 rings (SSSR count). The molecule has 4 nitrogen and oxygen atoms in total. The second kappa shape index (κ2) is 7.97. The number of likely N-dealkylation sites (N-methyl/N-ethyl adjacent to an activating group) is 1. The maximum Gasteiger partial charge on any atom is 0.241 e. The Hall–Kier alpha value is -1.46. The van der Waals surface area contributed by atoms with Crippen LogP contribution < -0.4 is 11.1 Å². The predicted molar refractivity (Wildman–Crippen MR) is 87.7 cm³/mol. The Kier molecular flexibility index (Phi) is 6.61. The first-order valence-electron chi connectivity index (χ1n) is 6.85. The molecule has 3 N–H and O–H groups in total. The fourth-order valence-corrected chi connectivity index (χ4v) is 2.01. The number of carbonyl (C=O) groups excluding carboxylic acids is 1. The van der Waals surface area contributed by atoms with Crippen molar-refractivity contribution in [1.82, 2.24) is 4.90 Å². The number of nitrogens with two attached hydrogens (primary N) is 1. The lowest BCUT2D eigenvalue weighted by Crippen LogP contribution is -2.45. The molecule has 2 atom stereocenters. The molecule has 20 heavy (non-hydrogen) atoms. The minimum Gasteiger partial charge on any atom is -0.393 e. The average molecular weight is 293 g/mol.